The number of hydrogen-bond donors (Lipinski definition) is 1. The second kappa shape index (κ2) is 4.60. The van der Waals surface area contributed by atoms with Crippen LogP contribution in [-0.2, 0) is 0 Å². The summed E-state index contributed by atoms with van der Waals surface area (Å²) in [5.74, 6) is -3.08. The summed E-state index contributed by atoms with van der Waals surface area (Å²) in [7, 11) is 1.32. The Hall–Kier alpha value is -2.17. The predicted octanol–water partition coefficient (Wildman–Crippen LogP) is 3.49. The van der Waals surface area contributed by atoms with E-state index in [1.165, 1.54) is 25.3 Å². The summed E-state index contributed by atoms with van der Waals surface area (Å²) in [5, 5.41) is 9.39. The SMILES string of the molecule is COc1cc(-c2c(F)cc(F)cc2F)ccc1O. The Morgan fingerprint density at radius 1 is 1.00 bits per heavy atom. The number of halogens is 3. The van der Waals surface area contributed by atoms with Crippen LogP contribution in [0.3, 0.4) is 0 Å². The third-order valence-electron chi connectivity index (χ3n) is 2.48. The van der Waals surface area contributed by atoms with E-state index in [4.69, 9.17) is 4.74 Å². The van der Waals surface area contributed by atoms with Gasteiger partial charge in [0.25, 0.3) is 0 Å². The van der Waals surface area contributed by atoms with E-state index in [-0.39, 0.29) is 22.6 Å². The molecule has 18 heavy (non-hydrogen) atoms. The van der Waals surface area contributed by atoms with Crippen LogP contribution in [0.4, 0.5) is 13.2 Å². The van der Waals surface area contributed by atoms with Gasteiger partial charge in [-0.3, -0.25) is 0 Å². The molecule has 0 aromatic heterocycles. The van der Waals surface area contributed by atoms with Gasteiger partial charge in [0.15, 0.2) is 11.5 Å². The number of benzene rings is 2. The van der Waals surface area contributed by atoms with Crippen molar-refractivity contribution in [3.63, 3.8) is 0 Å². The Labute approximate surface area is 101 Å². The maximum Gasteiger partial charge on any atom is 0.161 e. The Balaban J connectivity index is 2.62. The number of ether oxygens (including phenoxy) is 1. The molecule has 0 aliphatic carbocycles. The second-order valence-corrected chi connectivity index (χ2v) is 3.63. The van der Waals surface area contributed by atoms with Gasteiger partial charge < -0.3 is 9.84 Å². The number of aromatic hydroxyl groups is 1. The van der Waals surface area contributed by atoms with Gasteiger partial charge in [0, 0.05) is 12.1 Å². The molecule has 0 aliphatic heterocycles. The summed E-state index contributed by atoms with van der Waals surface area (Å²) in [6.07, 6.45) is 0. The molecule has 0 saturated carbocycles. The van der Waals surface area contributed by atoms with Gasteiger partial charge >= 0.3 is 0 Å². The van der Waals surface area contributed by atoms with E-state index in [1.54, 1.807) is 0 Å². The minimum absolute atomic E-state index is 0.0793. The van der Waals surface area contributed by atoms with Crippen LogP contribution in [0.1, 0.15) is 0 Å². The van der Waals surface area contributed by atoms with Crippen molar-refractivity contribution >= 4 is 0 Å². The lowest BCUT2D eigenvalue weighted by molar-refractivity contribution is 0.373. The summed E-state index contributed by atoms with van der Waals surface area (Å²) in [5.41, 5.74) is -0.214. The summed E-state index contributed by atoms with van der Waals surface area (Å²) in [6, 6.07) is 5.03. The van der Waals surface area contributed by atoms with Gasteiger partial charge in [-0.25, -0.2) is 13.2 Å². The largest absolute Gasteiger partial charge is 0.504 e. The molecule has 2 aromatic rings. The average Bonchev–Trinajstić information content (AvgIpc) is 2.30. The summed E-state index contributed by atoms with van der Waals surface area (Å²) in [4.78, 5) is 0. The molecule has 0 unspecified atom stereocenters. The number of hydrogen-bond acceptors (Lipinski definition) is 2. The molecule has 0 bridgehead atoms. The van der Waals surface area contributed by atoms with Crippen molar-refractivity contribution in [2.45, 2.75) is 0 Å². The predicted molar refractivity (Wildman–Crippen MR) is 60.0 cm³/mol. The van der Waals surface area contributed by atoms with Crippen molar-refractivity contribution in [2.75, 3.05) is 7.11 Å². The van der Waals surface area contributed by atoms with Crippen LogP contribution in [0.2, 0.25) is 0 Å². The van der Waals surface area contributed by atoms with Crippen molar-refractivity contribution in [1.29, 1.82) is 0 Å². The maximum absolute atomic E-state index is 13.5. The van der Waals surface area contributed by atoms with Crippen molar-refractivity contribution in [1.82, 2.24) is 0 Å². The van der Waals surface area contributed by atoms with E-state index in [2.05, 4.69) is 0 Å². The maximum atomic E-state index is 13.5. The minimum atomic E-state index is -1.01. The lowest BCUT2D eigenvalue weighted by atomic mass is 10.0. The van der Waals surface area contributed by atoms with Crippen molar-refractivity contribution in [3.8, 4) is 22.6 Å². The zero-order valence-corrected chi connectivity index (χ0v) is 9.38. The first-order valence-electron chi connectivity index (χ1n) is 5.05. The molecule has 94 valence electrons. The van der Waals surface area contributed by atoms with Crippen molar-refractivity contribution in [3.05, 3.63) is 47.8 Å². The average molecular weight is 254 g/mol. The first kappa shape index (κ1) is 12.3. The van der Waals surface area contributed by atoms with Crippen LogP contribution in [-0.4, -0.2) is 12.2 Å². The van der Waals surface area contributed by atoms with Gasteiger partial charge in [-0.2, -0.15) is 0 Å². The second-order valence-electron chi connectivity index (χ2n) is 3.63. The monoisotopic (exact) mass is 254 g/mol. The standard InChI is InChI=1S/C13H9F3O2/c1-18-12-4-7(2-3-11(12)17)13-9(15)5-8(14)6-10(13)16/h2-6,17H,1H3. The highest BCUT2D eigenvalue weighted by Gasteiger charge is 2.15. The van der Waals surface area contributed by atoms with Crippen molar-refractivity contribution in [2.24, 2.45) is 0 Å². The van der Waals surface area contributed by atoms with Crippen LogP contribution in [0.15, 0.2) is 30.3 Å². The fraction of sp³-hybridized carbons (Fsp3) is 0.0769. The molecule has 0 amide bonds. The third-order valence-corrected chi connectivity index (χ3v) is 2.48. The van der Waals surface area contributed by atoms with Gasteiger partial charge in [-0.15, -0.1) is 0 Å². The highest BCUT2D eigenvalue weighted by molar-refractivity contribution is 5.68. The molecule has 5 heteroatoms. The normalized spacial score (nSPS) is 10.4. The van der Waals surface area contributed by atoms with E-state index in [9.17, 15) is 18.3 Å². The Kier molecular flexibility index (Phi) is 3.14. The summed E-state index contributed by atoms with van der Waals surface area (Å²) < 4.78 is 44.7. The highest BCUT2D eigenvalue weighted by Crippen LogP contribution is 2.34. The van der Waals surface area contributed by atoms with Gasteiger partial charge in [-0.1, -0.05) is 6.07 Å². The first-order valence-corrected chi connectivity index (χ1v) is 5.05. The highest BCUT2D eigenvalue weighted by atomic mass is 19.1. The molecule has 1 N–H and O–H groups in total. The van der Waals surface area contributed by atoms with E-state index >= 15 is 0 Å². The third kappa shape index (κ3) is 2.11. The van der Waals surface area contributed by atoms with E-state index in [0.29, 0.717) is 12.1 Å². The molecular weight excluding hydrogens is 245 g/mol. The molecule has 2 rings (SSSR count). The van der Waals surface area contributed by atoms with Crippen LogP contribution >= 0.6 is 0 Å². The molecule has 0 fully saturated rings. The number of phenolic OH excluding ortho intramolecular Hbond substituents is 1. The molecule has 0 atom stereocenters. The summed E-state index contributed by atoms with van der Waals surface area (Å²) >= 11 is 0. The topological polar surface area (TPSA) is 29.5 Å². The van der Waals surface area contributed by atoms with E-state index in [1.807, 2.05) is 0 Å². The molecule has 2 nitrogen and oxygen atoms in total. The number of rotatable bonds is 2. The van der Waals surface area contributed by atoms with Gasteiger partial charge in [-0.05, 0) is 17.7 Å². The Morgan fingerprint density at radius 3 is 2.17 bits per heavy atom. The Morgan fingerprint density at radius 2 is 1.61 bits per heavy atom. The van der Waals surface area contributed by atoms with Crippen LogP contribution in [0.25, 0.3) is 11.1 Å². The first-order chi connectivity index (χ1) is 8.52. The molecule has 0 aliphatic rings. The van der Waals surface area contributed by atoms with Crippen LogP contribution in [0, 0.1) is 17.5 Å². The van der Waals surface area contributed by atoms with Crippen LogP contribution in [0.5, 0.6) is 11.5 Å². The molecule has 0 spiro atoms. The van der Waals surface area contributed by atoms with Crippen molar-refractivity contribution < 1.29 is 23.0 Å². The quantitative estimate of drug-likeness (QED) is 0.888. The fourth-order valence-corrected chi connectivity index (χ4v) is 1.65. The van der Waals surface area contributed by atoms with E-state index in [0.717, 1.165) is 0 Å². The zero-order valence-electron chi connectivity index (χ0n) is 9.38. The smallest absolute Gasteiger partial charge is 0.161 e. The molecule has 0 saturated heterocycles. The number of methoxy groups -OCH3 is 1. The molecule has 0 heterocycles. The van der Waals surface area contributed by atoms with Gasteiger partial charge in [0.05, 0.1) is 12.7 Å². The minimum Gasteiger partial charge on any atom is -0.504 e. The van der Waals surface area contributed by atoms with Crippen LogP contribution < -0.4 is 4.74 Å². The zero-order chi connectivity index (χ0) is 13.3. The summed E-state index contributed by atoms with van der Waals surface area (Å²) in [6.45, 7) is 0. The number of phenols is 1. The van der Waals surface area contributed by atoms with Gasteiger partial charge in [0.2, 0.25) is 0 Å². The van der Waals surface area contributed by atoms with Gasteiger partial charge in [0.1, 0.15) is 17.5 Å². The fourth-order valence-electron chi connectivity index (χ4n) is 1.65. The lowest BCUT2D eigenvalue weighted by Crippen LogP contribution is -1.93. The molecule has 0 radical (unpaired) electrons. The lowest BCUT2D eigenvalue weighted by Gasteiger charge is -2.08. The molecule has 2 aromatic carbocycles. The molecular formula is C13H9F3O2. The Bertz CT molecular complexity index is 574. The van der Waals surface area contributed by atoms with E-state index < -0.39 is 17.5 Å².